The number of phenols is 2. The molecule has 0 aliphatic heterocycles. The van der Waals surface area contributed by atoms with Crippen LogP contribution < -0.4 is 14.8 Å². The van der Waals surface area contributed by atoms with Crippen molar-refractivity contribution in [2.75, 3.05) is 0 Å². The summed E-state index contributed by atoms with van der Waals surface area (Å²) in [5, 5.41) is 31.4. The van der Waals surface area contributed by atoms with Crippen molar-refractivity contribution in [2.45, 2.75) is 32.2 Å². The number of phenolic OH excluding ortho intramolecular Hbond substituents is 2. The number of amides is 1. The molecule has 184 valence electrons. The average molecular weight is 520 g/mol. The summed E-state index contributed by atoms with van der Waals surface area (Å²) in [6.07, 6.45) is -0.219. The minimum Gasteiger partial charge on any atom is -0.508 e. The highest BCUT2D eigenvalue weighted by atomic mass is 35.5. The number of carbonyl (C=O) groups excluding carboxylic acids is 1. The molecular weight excluding hydrogens is 497 g/mol. The Kier molecular flexibility index (Phi) is 8.32. The number of ether oxygens (including phenoxy) is 2. The molecule has 0 aliphatic carbocycles. The fourth-order valence-corrected chi connectivity index (χ4v) is 3.81. The first kappa shape index (κ1) is 26.0. The van der Waals surface area contributed by atoms with Gasteiger partial charge in [0.25, 0.3) is 0 Å². The normalized spacial score (nSPS) is 12.5. The Morgan fingerprint density at radius 3 is 2.14 bits per heavy atom. The molecule has 0 saturated carbocycles. The van der Waals surface area contributed by atoms with Gasteiger partial charge in [0.1, 0.15) is 23.0 Å². The second-order valence-corrected chi connectivity index (χ2v) is 8.56. The predicted octanol–water partition coefficient (Wildman–Crippen LogP) is 6.62. The van der Waals surface area contributed by atoms with Gasteiger partial charge in [-0.05, 0) is 72.5 Å². The molecule has 35 heavy (non-hydrogen) atoms. The maximum Gasteiger partial charge on any atom is 0.413 e. The van der Waals surface area contributed by atoms with Crippen molar-refractivity contribution in [1.82, 2.24) is 5.32 Å². The van der Waals surface area contributed by atoms with Crippen LogP contribution in [0.4, 0.5) is 4.79 Å². The van der Waals surface area contributed by atoms with Gasteiger partial charge >= 0.3 is 12.1 Å². The molecule has 0 aliphatic rings. The molecule has 10 heteroatoms. The van der Waals surface area contributed by atoms with Gasteiger partial charge < -0.3 is 30.1 Å². The van der Waals surface area contributed by atoms with Crippen LogP contribution in [0.5, 0.6) is 28.7 Å². The summed E-state index contributed by atoms with van der Waals surface area (Å²) < 4.78 is 10.9. The summed E-state index contributed by atoms with van der Waals surface area (Å²) in [7, 11) is 0. The SMILES string of the molecule is CCC(C)c1cc(Oc2c(Cl)cc(C(NC(=O)Oc3ccc(O)cc3)C(=O)O)cc2Cl)ccc1O. The zero-order chi connectivity index (χ0) is 25.7. The van der Waals surface area contributed by atoms with Crippen molar-refractivity contribution in [2.24, 2.45) is 0 Å². The van der Waals surface area contributed by atoms with Crippen LogP contribution in [0, 0.1) is 0 Å². The number of nitrogens with one attached hydrogen (secondary N) is 1. The lowest BCUT2D eigenvalue weighted by Crippen LogP contribution is -2.35. The summed E-state index contributed by atoms with van der Waals surface area (Å²) in [4.78, 5) is 24.1. The molecule has 3 aromatic rings. The maximum atomic E-state index is 12.2. The Labute approximate surface area is 211 Å². The summed E-state index contributed by atoms with van der Waals surface area (Å²) in [6.45, 7) is 3.97. The standard InChI is InChI=1S/C25H23Cl2NO7/c1-3-13(2)18-12-17(8-9-21(18)30)34-23-19(26)10-14(11-20(23)27)22(24(31)32)28-25(33)35-16-6-4-15(29)5-7-16/h4-13,22,29-30H,3H2,1-2H3,(H,28,33)(H,31,32). The first-order chi connectivity index (χ1) is 16.6. The second kappa shape index (κ2) is 11.2. The van der Waals surface area contributed by atoms with Crippen LogP contribution in [-0.4, -0.2) is 27.4 Å². The highest BCUT2D eigenvalue weighted by molar-refractivity contribution is 6.37. The Balaban J connectivity index is 1.82. The molecule has 3 aromatic carbocycles. The van der Waals surface area contributed by atoms with E-state index in [2.05, 4.69) is 5.32 Å². The zero-order valence-corrected chi connectivity index (χ0v) is 20.3. The molecule has 0 spiro atoms. The van der Waals surface area contributed by atoms with Crippen LogP contribution in [0.15, 0.2) is 54.6 Å². The largest absolute Gasteiger partial charge is 0.508 e. The molecule has 1 amide bonds. The lowest BCUT2D eigenvalue weighted by atomic mass is 9.97. The fraction of sp³-hybridized carbons (Fsp3) is 0.200. The first-order valence-electron chi connectivity index (χ1n) is 10.6. The van der Waals surface area contributed by atoms with Crippen molar-refractivity contribution < 1.29 is 34.4 Å². The third-order valence-corrected chi connectivity index (χ3v) is 5.83. The molecule has 2 atom stereocenters. The van der Waals surface area contributed by atoms with Crippen LogP contribution in [-0.2, 0) is 4.79 Å². The Hall–Kier alpha value is -3.62. The van der Waals surface area contributed by atoms with Crippen LogP contribution in [0.1, 0.15) is 43.4 Å². The molecule has 0 heterocycles. The molecule has 3 rings (SSSR count). The average Bonchev–Trinajstić information content (AvgIpc) is 2.81. The number of hydrogen-bond donors (Lipinski definition) is 4. The van der Waals surface area contributed by atoms with Crippen LogP contribution in [0.3, 0.4) is 0 Å². The van der Waals surface area contributed by atoms with Crippen LogP contribution in [0.2, 0.25) is 10.0 Å². The molecule has 0 fully saturated rings. The van der Waals surface area contributed by atoms with E-state index in [1.165, 1.54) is 42.5 Å². The first-order valence-corrected chi connectivity index (χ1v) is 11.3. The molecule has 4 N–H and O–H groups in total. The maximum absolute atomic E-state index is 12.2. The van der Waals surface area contributed by atoms with Crippen molar-refractivity contribution >= 4 is 35.3 Å². The summed E-state index contributed by atoms with van der Waals surface area (Å²) >= 11 is 12.7. The number of aromatic hydroxyl groups is 2. The summed E-state index contributed by atoms with van der Waals surface area (Å²) in [5.41, 5.74) is 0.796. The molecule has 0 radical (unpaired) electrons. The van der Waals surface area contributed by atoms with E-state index in [0.717, 1.165) is 6.42 Å². The third kappa shape index (κ3) is 6.49. The van der Waals surface area contributed by atoms with Crippen molar-refractivity contribution in [3.63, 3.8) is 0 Å². The van der Waals surface area contributed by atoms with Gasteiger partial charge in [-0.15, -0.1) is 0 Å². The van der Waals surface area contributed by atoms with E-state index >= 15 is 0 Å². The van der Waals surface area contributed by atoms with E-state index in [-0.39, 0.29) is 44.5 Å². The number of carboxylic acids is 1. The van der Waals surface area contributed by atoms with Gasteiger partial charge in [0, 0.05) is 5.56 Å². The second-order valence-electron chi connectivity index (χ2n) is 7.74. The van der Waals surface area contributed by atoms with E-state index in [4.69, 9.17) is 32.7 Å². The highest BCUT2D eigenvalue weighted by Crippen LogP contribution is 2.40. The highest BCUT2D eigenvalue weighted by Gasteiger charge is 2.26. The number of rotatable bonds is 8. The molecule has 0 bridgehead atoms. The van der Waals surface area contributed by atoms with Crippen LogP contribution in [0.25, 0.3) is 0 Å². The number of benzene rings is 3. The topological polar surface area (TPSA) is 125 Å². The minimum atomic E-state index is -1.52. The van der Waals surface area contributed by atoms with Gasteiger partial charge in [0.2, 0.25) is 0 Å². The van der Waals surface area contributed by atoms with Gasteiger partial charge in [-0.2, -0.15) is 0 Å². The minimum absolute atomic E-state index is 0.0174. The Morgan fingerprint density at radius 1 is 0.971 bits per heavy atom. The third-order valence-electron chi connectivity index (χ3n) is 5.27. The Morgan fingerprint density at radius 2 is 1.57 bits per heavy atom. The van der Waals surface area contributed by atoms with Gasteiger partial charge in [0.15, 0.2) is 11.8 Å². The predicted molar refractivity (Wildman–Crippen MR) is 131 cm³/mol. The molecule has 0 aromatic heterocycles. The van der Waals surface area contributed by atoms with Crippen LogP contribution >= 0.6 is 23.2 Å². The number of hydrogen-bond acceptors (Lipinski definition) is 6. The number of halogens is 2. The lowest BCUT2D eigenvalue weighted by molar-refractivity contribution is -0.139. The Bertz CT molecular complexity index is 1210. The van der Waals surface area contributed by atoms with Gasteiger partial charge in [-0.25, -0.2) is 9.59 Å². The molecule has 8 nitrogen and oxygen atoms in total. The fourth-order valence-electron chi connectivity index (χ4n) is 3.23. The zero-order valence-electron chi connectivity index (χ0n) is 18.8. The van der Waals surface area contributed by atoms with E-state index < -0.39 is 18.1 Å². The van der Waals surface area contributed by atoms with Gasteiger partial charge in [0.05, 0.1) is 10.0 Å². The molecular formula is C25H23Cl2NO7. The van der Waals surface area contributed by atoms with E-state index in [9.17, 15) is 24.9 Å². The summed E-state index contributed by atoms with van der Waals surface area (Å²) in [5.74, 6) is -0.561. The van der Waals surface area contributed by atoms with Crippen molar-refractivity contribution in [1.29, 1.82) is 0 Å². The van der Waals surface area contributed by atoms with E-state index in [0.29, 0.717) is 11.3 Å². The quantitative estimate of drug-likeness (QED) is 0.263. The van der Waals surface area contributed by atoms with E-state index in [1.807, 2.05) is 13.8 Å². The monoisotopic (exact) mass is 519 g/mol. The smallest absolute Gasteiger partial charge is 0.413 e. The molecule has 0 saturated heterocycles. The lowest BCUT2D eigenvalue weighted by Gasteiger charge is -2.18. The summed E-state index contributed by atoms with van der Waals surface area (Å²) in [6, 6.07) is 11.2. The van der Waals surface area contributed by atoms with Gasteiger partial charge in [-0.1, -0.05) is 37.0 Å². The number of carbonyl (C=O) groups is 2. The van der Waals surface area contributed by atoms with Gasteiger partial charge in [-0.3, -0.25) is 0 Å². The van der Waals surface area contributed by atoms with Crippen molar-refractivity contribution in [3.8, 4) is 28.7 Å². The van der Waals surface area contributed by atoms with E-state index in [1.54, 1.807) is 12.1 Å². The number of aliphatic carboxylic acids is 1. The number of carboxylic acid groups (broad SMARTS) is 1. The van der Waals surface area contributed by atoms with Crippen molar-refractivity contribution in [3.05, 3.63) is 75.8 Å². The molecule has 2 unspecified atom stereocenters.